The molecule has 0 amide bonds. The summed E-state index contributed by atoms with van der Waals surface area (Å²) in [5, 5.41) is 29.6. The molecule has 1 aliphatic rings. The van der Waals surface area contributed by atoms with Gasteiger partial charge in [0, 0.05) is 6.42 Å². The molecule has 1 fully saturated rings. The van der Waals surface area contributed by atoms with Crippen LogP contribution in [-0.2, 0) is 29.1 Å². The van der Waals surface area contributed by atoms with Crippen molar-refractivity contribution in [1.29, 1.82) is 0 Å². The maximum absolute atomic E-state index is 14.1. The Morgan fingerprint density at radius 3 is 1.77 bits per heavy atom. The Labute approximate surface area is 233 Å². The van der Waals surface area contributed by atoms with Crippen molar-refractivity contribution in [2.75, 3.05) is 19.0 Å². The van der Waals surface area contributed by atoms with Crippen LogP contribution < -0.4 is 0 Å². The number of hydrogen-bond acceptors (Lipinski definition) is 9. The third-order valence-electron chi connectivity index (χ3n) is 6.89. The molecule has 0 aromatic rings. The summed E-state index contributed by atoms with van der Waals surface area (Å²) < 4.78 is 60.2. The molecule has 1 rings (SSSR count). The fraction of sp³-hybridized carbons (Fsp3) is 0.963. The third kappa shape index (κ3) is 17.5. The minimum Gasteiger partial charge on any atom is -0.462 e. The molecule has 1 saturated heterocycles. The molecule has 6 atom stereocenters. The SMILES string of the molecule is CCCCCCCCCCCCCCCCCC(=O)OCC([18F])CO[C@@H]1OC(CS(=O)(=O)O)[C@H](O)[C@H](O)C1O. The minimum absolute atomic E-state index is 0.192. The number of esters is 1. The molecule has 10 nitrogen and oxygen atoms in total. The van der Waals surface area contributed by atoms with Crippen molar-refractivity contribution >= 4 is 16.1 Å². The van der Waals surface area contributed by atoms with Gasteiger partial charge in [-0.05, 0) is 6.42 Å². The number of unbranched alkanes of at least 4 members (excludes halogenated alkanes) is 14. The van der Waals surface area contributed by atoms with Gasteiger partial charge in [-0.1, -0.05) is 96.8 Å². The molecule has 0 radical (unpaired) electrons. The van der Waals surface area contributed by atoms with Crippen molar-refractivity contribution in [3.8, 4) is 0 Å². The van der Waals surface area contributed by atoms with Gasteiger partial charge in [-0.15, -0.1) is 0 Å². The lowest BCUT2D eigenvalue weighted by molar-refractivity contribution is -0.295. The van der Waals surface area contributed by atoms with Crippen molar-refractivity contribution in [3.63, 3.8) is 0 Å². The van der Waals surface area contributed by atoms with Gasteiger partial charge >= 0.3 is 5.97 Å². The zero-order chi connectivity index (χ0) is 29.1. The molecule has 1 aliphatic heterocycles. The van der Waals surface area contributed by atoms with Gasteiger partial charge in [0.2, 0.25) is 0 Å². The number of ether oxygens (including phenoxy) is 3. The molecule has 39 heavy (non-hydrogen) atoms. The number of alkyl halides is 1. The van der Waals surface area contributed by atoms with E-state index in [1.54, 1.807) is 0 Å². The summed E-state index contributed by atoms with van der Waals surface area (Å²) in [6, 6.07) is 0. The van der Waals surface area contributed by atoms with Gasteiger partial charge in [0.05, 0.1) is 6.61 Å². The van der Waals surface area contributed by atoms with Crippen molar-refractivity contribution < 1.29 is 51.7 Å². The van der Waals surface area contributed by atoms with E-state index in [1.165, 1.54) is 70.6 Å². The average Bonchev–Trinajstić information content (AvgIpc) is 2.88. The van der Waals surface area contributed by atoms with Crippen LogP contribution in [0.1, 0.15) is 110 Å². The van der Waals surface area contributed by atoms with Crippen LogP contribution in [-0.4, -0.2) is 90.1 Å². The normalized spacial score (nSPS) is 24.5. The van der Waals surface area contributed by atoms with Gasteiger partial charge < -0.3 is 29.5 Å². The standard InChI is InChI=1S/C27H51FO10S/c1-2-3-4-5-6-7-8-9-10-11-12-13-14-15-16-17-23(29)36-18-21(28)19-37-27-26(32)25(31)24(30)22(38-27)20-39(33,34)35/h21-22,24-27,30-32H,2-20H2,1H3,(H,33,34,35)/t21?,22?,24-,25-,26?,27+/m0/s1/i28-1. The van der Waals surface area contributed by atoms with E-state index < -0.39 is 71.9 Å². The lowest BCUT2D eigenvalue weighted by atomic mass is 10.00. The molecule has 4 N–H and O–H groups in total. The fourth-order valence-electron chi connectivity index (χ4n) is 4.54. The summed E-state index contributed by atoms with van der Waals surface area (Å²) in [6.45, 7) is 0.996. The van der Waals surface area contributed by atoms with Crippen LogP contribution in [0.15, 0.2) is 0 Å². The van der Waals surface area contributed by atoms with Gasteiger partial charge in [0.1, 0.15) is 36.8 Å². The number of carbonyl (C=O) groups is 1. The fourth-order valence-corrected chi connectivity index (χ4v) is 5.23. The largest absolute Gasteiger partial charge is 0.462 e. The summed E-state index contributed by atoms with van der Waals surface area (Å²) in [7, 11) is -4.56. The van der Waals surface area contributed by atoms with Crippen molar-refractivity contribution in [2.45, 2.75) is 147 Å². The predicted octanol–water partition coefficient (Wildman–Crippen LogP) is 3.84. The van der Waals surface area contributed by atoms with Crippen LogP contribution in [0.4, 0.5) is 4.39 Å². The summed E-state index contributed by atoms with van der Waals surface area (Å²) >= 11 is 0. The lowest BCUT2D eigenvalue weighted by Gasteiger charge is -2.39. The number of aliphatic hydroxyl groups is 3. The molecule has 0 saturated carbocycles. The maximum Gasteiger partial charge on any atom is 0.305 e. The van der Waals surface area contributed by atoms with Gasteiger partial charge in [-0.3, -0.25) is 9.35 Å². The number of hydrogen-bond donors (Lipinski definition) is 4. The quantitative estimate of drug-likeness (QED) is 0.0788. The molecule has 0 aromatic heterocycles. The highest BCUT2D eigenvalue weighted by atomic mass is 32.2. The Morgan fingerprint density at radius 1 is 0.795 bits per heavy atom. The van der Waals surface area contributed by atoms with Crippen molar-refractivity contribution in [3.05, 3.63) is 0 Å². The number of carbonyl (C=O) groups excluding carboxylic acids is 1. The molecule has 0 aromatic carbocycles. The number of halogens is 1. The second-order valence-electron chi connectivity index (χ2n) is 10.6. The number of aliphatic hydroxyl groups excluding tert-OH is 3. The highest BCUT2D eigenvalue weighted by molar-refractivity contribution is 7.85. The second-order valence-corrected chi connectivity index (χ2v) is 12.1. The van der Waals surface area contributed by atoms with Crippen LogP contribution >= 0.6 is 0 Å². The van der Waals surface area contributed by atoms with E-state index in [1.807, 2.05) is 0 Å². The highest BCUT2D eigenvalue weighted by Crippen LogP contribution is 2.23. The monoisotopic (exact) mass is 585 g/mol. The van der Waals surface area contributed by atoms with Crippen molar-refractivity contribution in [2.24, 2.45) is 0 Å². The molecule has 232 valence electrons. The van der Waals surface area contributed by atoms with E-state index in [0.717, 1.165) is 19.3 Å². The zero-order valence-corrected chi connectivity index (χ0v) is 24.2. The Kier molecular flexibility index (Phi) is 19.4. The Hall–Kier alpha value is -0.890. The number of rotatable bonds is 23. The van der Waals surface area contributed by atoms with Crippen LogP contribution in [0.3, 0.4) is 0 Å². The van der Waals surface area contributed by atoms with E-state index in [2.05, 4.69) is 6.92 Å². The molecular formula is C27H51FO10S. The Balaban J connectivity index is 2.05. The first-order valence-electron chi connectivity index (χ1n) is 14.6. The summed E-state index contributed by atoms with van der Waals surface area (Å²) in [5.74, 6) is -1.57. The van der Waals surface area contributed by atoms with E-state index in [-0.39, 0.29) is 6.42 Å². The predicted molar refractivity (Wildman–Crippen MR) is 144 cm³/mol. The average molecular weight is 586 g/mol. The van der Waals surface area contributed by atoms with E-state index in [9.17, 15) is 32.9 Å². The Morgan fingerprint density at radius 2 is 1.28 bits per heavy atom. The van der Waals surface area contributed by atoms with Gasteiger partial charge in [-0.25, -0.2) is 4.39 Å². The zero-order valence-electron chi connectivity index (χ0n) is 23.4. The lowest BCUT2D eigenvalue weighted by Crippen LogP contribution is -2.60. The molecule has 1 heterocycles. The maximum atomic E-state index is 14.1. The molecule has 0 bridgehead atoms. The second kappa shape index (κ2) is 20.9. The van der Waals surface area contributed by atoms with E-state index >= 15 is 0 Å². The molecule has 3 unspecified atom stereocenters. The molecule has 0 aliphatic carbocycles. The molecule has 0 spiro atoms. The van der Waals surface area contributed by atoms with E-state index in [0.29, 0.717) is 6.42 Å². The van der Waals surface area contributed by atoms with Gasteiger partial charge in [0.15, 0.2) is 12.5 Å². The van der Waals surface area contributed by atoms with Crippen LogP contribution in [0.5, 0.6) is 0 Å². The smallest absolute Gasteiger partial charge is 0.305 e. The first-order valence-corrected chi connectivity index (χ1v) is 16.2. The topological polar surface area (TPSA) is 160 Å². The first kappa shape index (κ1) is 36.1. The van der Waals surface area contributed by atoms with E-state index in [4.69, 9.17) is 18.8 Å². The van der Waals surface area contributed by atoms with Crippen molar-refractivity contribution in [1.82, 2.24) is 0 Å². The van der Waals surface area contributed by atoms with Crippen LogP contribution in [0, 0.1) is 0 Å². The van der Waals surface area contributed by atoms with Crippen LogP contribution in [0.25, 0.3) is 0 Å². The Bertz CT molecular complexity index is 738. The molecular weight excluding hydrogens is 534 g/mol. The third-order valence-corrected chi connectivity index (χ3v) is 7.64. The summed E-state index contributed by atoms with van der Waals surface area (Å²) in [6.07, 6.45) is 8.04. The molecule has 12 heteroatoms. The van der Waals surface area contributed by atoms with Crippen LogP contribution in [0.2, 0.25) is 0 Å². The van der Waals surface area contributed by atoms with Gasteiger partial charge in [0.25, 0.3) is 10.1 Å². The minimum atomic E-state index is -4.56. The summed E-state index contributed by atoms with van der Waals surface area (Å²) in [5.41, 5.74) is 0. The summed E-state index contributed by atoms with van der Waals surface area (Å²) in [4.78, 5) is 11.9. The van der Waals surface area contributed by atoms with Gasteiger partial charge in [-0.2, -0.15) is 8.42 Å². The highest BCUT2D eigenvalue weighted by Gasteiger charge is 2.45. The first-order chi connectivity index (χ1) is 18.5.